The smallest absolute Gasteiger partial charge is 0.255 e. The van der Waals surface area contributed by atoms with Gasteiger partial charge in [-0.1, -0.05) is 6.92 Å². The second-order valence-corrected chi connectivity index (χ2v) is 5.48. The van der Waals surface area contributed by atoms with Gasteiger partial charge in [-0.25, -0.2) is 0 Å². The zero-order valence-corrected chi connectivity index (χ0v) is 12.2. The minimum atomic E-state index is -0.187. The summed E-state index contributed by atoms with van der Waals surface area (Å²) in [6.45, 7) is 6.41. The molecule has 5 heteroatoms. The number of carbonyl (C=O) groups is 1. The summed E-state index contributed by atoms with van der Waals surface area (Å²) >= 11 is 0. The van der Waals surface area contributed by atoms with Crippen molar-refractivity contribution in [2.45, 2.75) is 38.6 Å². The summed E-state index contributed by atoms with van der Waals surface area (Å²) in [6.07, 6.45) is 6.02. The molecule has 110 valence electrons. The number of nitrogens with zero attached hydrogens (tertiary/aromatic N) is 1. The van der Waals surface area contributed by atoms with E-state index in [4.69, 9.17) is 4.74 Å². The molecule has 1 saturated heterocycles. The van der Waals surface area contributed by atoms with Crippen molar-refractivity contribution >= 4 is 11.6 Å². The highest BCUT2D eigenvalue weighted by molar-refractivity contribution is 5.99. The third kappa shape index (κ3) is 3.70. The average molecular weight is 277 g/mol. The second kappa shape index (κ2) is 6.70. The predicted molar refractivity (Wildman–Crippen MR) is 78.9 cm³/mol. The Labute approximate surface area is 120 Å². The Morgan fingerprint density at radius 3 is 2.90 bits per heavy atom. The van der Waals surface area contributed by atoms with Crippen LogP contribution in [0.1, 0.15) is 43.5 Å². The van der Waals surface area contributed by atoms with Crippen LogP contribution in [0, 0.1) is 0 Å². The summed E-state index contributed by atoms with van der Waals surface area (Å²) in [5.74, 6) is -0.0684. The van der Waals surface area contributed by atoms with Gasteiger partial charge in [0.05, 0.1) is 11.3 Å². The Bertz CT molecular complexity index is 456. The zero-order valence-electron chi connectivity index (χ0n) is 12.2. The van der Waals surface area contributed by atoms with Gasteiger partial charge in [0, 0.05) is 37.7 Å². The first-order valence-electron chi connectivity index (χ1n) is 7.23. The Hall–Kier alpha value is -1.62. The van der Waals surface area contributed by atoms with Crippen molar-refractivity contribution in [3.63, 3.8) is 0 Å². The minimum Gasteiger partial charge on any atom is -0.384 e. The highest BCUT2D eigenvalue weighted by atomic mass is 16.5. The van der Waals surface area contributed by atoms with Crippen LogP contribution in [-0.4, -0.2) is 36.2 Å². The first kappa shape index (κ1) is 14.8. The summed E-state index contributed by atoms with van der Waals surface area (Å²) in [6, 6.07) is 1.84. The van der Waals surface area contributed by atoms with E-state index in [1.54, 1.807) is 12.4 Å². The third-order valence-corrected chi connectivity index (χ3v) is 3.64. The Morgan fingerprint density at radius 1 is 1.45 bits per heavy atom. The van der Waals surface area contributed by atoms with E-state index < -0.39 is 0 Å². The van der Waals surface area contributed by atoms with Crippen LogP contribution in [0.2, 0.25) is 0 Å². The van der Waals surface area contributed by atoms with Crippen LogP contribution in [0.5, 0.6) is 0 Å². The lowest BCUT2D eigenvalue weighted by Crippen LogP contribution is -2.49. The highest BCUT2D eigenvalue weighted by Crippen LogP contribution is 2.22. The van der Waals surface area contributed by atoms with E-state index in [0.29, 0.717) is 18.8 Å². The molecular weight excluding hydrogens is 254 g/mol. The van der Waals surface area contributed by atoms with Crippen LogP contribution in [0.25, 0.3) is 0 Å². The SMILES string of the molecule is CCCNc1ccncc1C(=O)NC1(C)CCOCC1. The number of rotatable bonds is 5. The van der Waals surface area contributed by atoms with Crippen LogP contribution in [0.4, 0.5) is 5.69 Å². The molecule has 2 N–H and O–H groups in total. The quantitative estimate of drug-likeness (QED) is 0.866. The molecule has 0 unspecified atom stereocenters. The highest BCUT2D eigenvalue weighted by Gasteiger charge is 2.29. The van der Waals surface area contributed by atoms with Gasteiger partial charge in [-0.05, 0) is 32.3 Å². The maximum absolute atomic E-state index is 12.5. The lowest BCUT2D eigenvalue weighted by Gasteiger charge is -2.34. The Balaban J connectivity index is 2.08. The number of carbonyl (C=O) groups excluding carboxylic acids is 1. The van der Waals surface area contributed by atoms with Crippen LogP contribution in [0.15, 0.2) is 18.5 Å². The van der Waals surface area contributed by atoms with Crippen molar-refractivity contribution in [2.75, 3.05) is 25.1 Å². The average Bonchev–Trinajstić information content (AvgIpc) is 2.45. The summed E-state index contributed by atoms with van der Waals surface area (Å²) < 4.78 is 5.35. The van der Waals surface area contributed by atoms with E-state index in [9.17, 15) is 4.79 Å². The largest absolute Gasteiger partial charge is 0.384 e. The molecule has 0 radical (unpaired) electrons. The maximum Gasteiger partial charge on any atom is 0.255 e. The number of amides is 1. The van der Waals surface area contributed by atoms with E-state index >= 15 is 0 Å². The summed E-state index contributed by atoms with van der Waals surface area (Å²) in [5, 5.41) is 6.40. The van der Waals surface area contributed by atoms with Crippen LogP contribution in [-0.2, 0) is 4.74 Å². The molecule has 0 aliphatic carbocycles. The van der Waals surface area contributed by atoms with Crippen molar-refractivity contribution in [3.8, 4) is 0 Å². The molecule has 0 atom stereocenters. The Kier molecular flexibility index (Phi) is 4.95. The van der Waals surface area contributed by atoms with E-state index in [0.717, 1.165) is 31.5 Å². The molecule has 20 heavy (non-hydrogen) atoms. The summed E-state index contributed by atoms with van der Waals surface area (Å²) in [5.41, 5.74) is 1.26. The number of hydrogen-bond acceptors (Lipinski definition) is 4. The lowest BCUT2D eigenvalue weighted by atomic mass is 9.92. The van der Waals surface area contributed by atoms with Crippen LogP contribution in [0.3, 0.4) is 0 Å². The molecule has 1 amide bonds. The second-order valence-electron chi connectivity index (χ2n) is 5.48. The van der Waals surface area contributed by atoms with Crippen LogP contribution < -0.4 is 10.6 Å². The standard InChI is InChI=1S/C15H23N3O2/c1-3-7-17-13-4-8-16-11-12(13)14(19)18-15(2)5-9-20-10-6-15/h4,8,11H,3,5-7,9-10H2,1-2H3,(H,16,17)(H,18,19). The minimum absolute atomic E-state index is 0.0684. The fraction of sp³-hybridized carbons (Fsp3) is 0.600. The molecule has 2 rings (SSSR count). The van der Waals surface area contributed by atoms with E-state index in [1.807, 2.05) is 6.07 Å². The van der Waals surface area contributed by atoms with E-state index in [2.05, 4.69) is 29.5 Å². The Morgan fingerprint density at radius 2 is 2.20 bits per heavy atom. The molecule has 2 heterocycles. The zero-order chi connectivity index (χ0) is 14.4. The van der Waals surface area contributed by atoms with Crippen molar-refractivity contribution in [2.24, 2.45) is 0 Å². The number of pyridine rings is 1. The van der Waals surface area contributed by atoms with Gasteiger partial charge in [0.25, 0.3) is 5.91 Å². The predicted octanol–water partition coefficient (Wildman–Crippen LogP) is 2.20. The molecule has 1 aromatic rings. The van der Waals surface area contributed by atoms with Gasteiger partial charge in [-0.15, -0.1) is 0 Å². The molecule has 1 aliphatic heterocycles. The lowest BCUT2D eigenvalue weighted by molar-refractivity contribution is 0.0423. The van der Waals surface area contributed by atoms with Crippen molar-refractivity contribution in [1.82, 2.24) is 10.3 Å². The van der Waals surface area contributed by atoms with Gasteiger partial charge in [0.2, 0.25) is 0 Å². The van der Waals surface area contributed by atoms with Crippen molar-refractivity contribution in [1.29, 1.82) is 0 Å². The number of nitrogens with one attached hydrogen (secondary N) is 2. The number of hydrogen-bond donors (Lipinski definition) is 2. The van der Waals surface area contributed by atoms with Gasteiger partial charge < -0.3 is 15.4 Å². The number of anilines is 1. The van der Waals surface area contributed by atoms with Crippen molar-refractivity contribution in [3.05, 3.63) is 24.0 Å². The van der Waals surface area contributed by atoms with Gasteiger partial charge in [0.1, 0.15) is 0 Å². The molecule has 0 bridgehead atoms. The third-order valence-electron chi connectivity index (χ3n) is 3.64. The fourth-order valence-electron chi connectivity index (χ4n) is 2.28. The molecule has 0 spiro atoms. The van der Waals surface area contributed by atoms with Crippen LogP contribution >= 0.6 is 0 Å². The van der Waals surface area contributed by atoms with Crippen molar-refractivity contribution < 1.29 is 9.53 Å². The normalized spacial score (nSPS) is 17.5. The first-order chi connectivity index (χ1) is 9.64. The first-order valence-corrected chi connectivity index (χ1v) is 7.23. The fourth-order valence-corrected chi connectivity index (χ4v) is 2.28. The topological polar surface area (TPSA) is 63.2 Å². The number of ether oxygens (including phenoxy) is 1. The molecule has 0 aromatic carbocycles. The molecule has 5 nitrogen and oxygen atoms in total. The summed E-state index contributed by atoms with van der Waals surface area (Å²) in [7, 11) is 0. The number of aromatic nitrogens is 1. The van der Waals surface area contributed by atoms with E-state index in [-0.39, 0.29) is 11.4 Å². The molecule has 1 aliphatic rings. The molecule has 1 fully saturated rings. The van der Waals surface area contributed by atoms with Gasteiger partial charge in [0.15, 0.2) is 0 Å². The van der Waals surface area contributed by atoms with E-state index in [1.165, 1.54) is 0 Å². The maximum atomic E-state index is 12.5. The van der Waals surface area contributed by atoms with Gasteiger partial charge in [-0.2, -0.15) is 0 Å². The summed E-state index contributed by atoms with van der Waals surface area (Å²) in [4.78, 5) is 16.5. The monoisotopic (exact) mass is 277 g/mol. The van der Waals surface area contributed by atoms with Gasteiger partial charge >= 0.3 is 0 Å². The van der Waals surface area contributed by atoms with Gasteiger partial charge in [-0.3, -0.25) is 9.78 Å². The molecule has 0 saturated carbocycles. The molecular formula is C15H23N3O2. The molecule has 1 aromatic heterocycles.